The van der Waals surface area contributed by atoms with Crippen molar-refractivity contribution in [2.24, 2.45) is 0 Å². The molecule has 20 heavy (non-hydrogen) atoms. The molecule has 1 N–H and O–H groups in total. The Morgan fingerprint density at radius 2 is 2.10 bits per heavy atom. The number of hydrogen-bond donors (Lipinski definition) is 1. The normalized spacial score (nSPS) is 22.9. The molecule has 1 amide bonds. The van der Waals surface area contributed by atoms with Crippen molar-refractivity contribution in [3.05, 3.63) is 29.6 Å². The maximum atomic E-state index is 12.0. The van der Waals surface area contributed by atoms with E-state index in [2.05, 4.69) is 4.98 Å². The lowest BCUT2D eigenvalue weighted by molar-refractivity contribution is 0.0270. The molecule has 0 saturated carbocycles. The van der Waals surface area contributed by atoms with Crippen molar-refractivity contribution < 1.29 is 14.6 Å². The Hall–Kier alpha value is -1.62. The van der Waals surface area contributed by atoms with Gasteiger partial charge in [0.1, 0.15) is 5.60 Å². The number of amides is 1. The first-order valence-electron chi connectivity index (χ1n) is 6.84. The van der Waals surface area contributed by atoms with Crippen LogP contribution in [-0.2, 0) is 4.74 Å². The molecule has 1 aromatic heterocycles. The highest BCUT2D eigenvalue weighted by Crippen LogP contribution is 2.28. The fourth-order valence-electron chi connectivity index (χ4n) is 2.37. The van der Waals surface area contributed by atoms with E-state index in [0.717, 1.165) is 11.1 Å². The number of pyridine rings is 1. The van der Waals surface area contributed by atoms with E-state index >= 15 is 0 Å². The molecule has 0 aromatic carbocycles. The summed E-state index contributed by atoms with van der Waals surface area (Å²) in [6.45, 7) is 8.22. The van der Waals surface area contributed by atoms with Gasteiger partial charge in [-0.05, 0) is 38.8 Å². The Bertz CT molecular complexity index is 496. The number of aryl methyl sites for hydroxylation is 1. The molecule has 1 saturated heterocycles. The number of hydrogen-bond acceptors (Lipinski definition) is 4. The Labute approximate surface area is 119 Å². The van der Waals surface area contributed by atoms with Gasteiger partial charge in [-0.3, -0.25) is 4.98 Å². The average Bonchev–Trinajstić information content (AvgIpc) is 2.69. The van der Waals surface area contributed by atoms with E-state index in [4.69, 9.17) is 4.74 Å². The van der Waals surface area contributed by atoms with Crippen LogP contribution in [0.4, 0.5) is 4.79 Å². The molecule has 1 aromatic rings. The standard InChI is InChI=1S/C15H22N2O3/c1-10-5-11(7-16-6-10)12-8-17(9-13(12)18)14(19)20-15(2,3)4/h5-7,12-13,18H,8-9H2,1-4H3. The van der Waals surface area contributed by atoms with Crippen molar-refractivity contribution in [2.75, 3.05) is 13.1 Å². The molecule has 2 unspecified atom stereocenters. The molecule has 1 aliphatic rings. The topological polar surface area (TPSA) is 62.7 Å². The molecule has 2 heterocycles. The second kappa shape index (κ2) is 5.40. The minimum absolute atomic E-state index is 0.102. The van der Waals surface area contributed by atoms with Gasteiger partial charge in [-0.25, -0.2) is 4.79 Å². The molecule has 2 atom stereocenters. The second-order valence-electron chi connectivity index (χ2n) is 6.35. The zero-order chi connectivity index (χ0) is 14.9. The van der Waals surface area contributed by atoms with Gasteiger partial charge in [-0.15, -0.1) is 0 Å². The van der Waals surface area contributed by atoms with E-state index in [1.165, 1.54) is 0 Å². The van der Waals surface area contributed by atoms with Crippen LogP contribution >= 0.6 is 0 Å². The van der Waals surface area contributed by atoms with E-state index in [0.29, 0.717) is 13.1 Å². The van der Waals surface area contributed by atoms with Crippen LogP contribution in [0.1, 0.15) is 37.8 Å². The van der Waals surface area contributed by atoms with E-state index in [-0.39, 0.29) is 12.0 Å². The molecular weight excluding hydrogens is 256 g/mol. The molecule has 1 fully saturated rings. The van der Waals surface area contributed by atoms with E-state index in [1.807, 2.05) is 33.8 Å². The van der Waals surface area contributed by atoms with Gasteiger partial charge in [-0.2, -0.15) is 0 Å². The molecule has 1 aliphatic heterocycles. The van der Waals surface area contributed by atoms with Gasteiger partial charge < -0.3 is 14.7 Å². The predicted octanol–water partition coefficient (Wildman–Crippen LogP) is 2.09. The van der Waals surface area contributed by atoms with Crippen LogP contribution in [0.2, 0.25) is 0 Å². The third-order valence-corrected chi connectivity index (χ3v) is 3.26. The molecular formula is C15H22N2O3. The third-order valence-electron chi connectivity index (χ3n) is 3.26. The molecule has 0 spiro atoms. The van der Waals surface area contributed by atoms with Gasteiger partial charge in [0, 0.05) is 24.9 Å². The zero-order valence-electron chi connectivity index (χ0n) is 12.5. The fraction of sp³-hybridized carbons (Fsp3) is 0.600. The molecule has 0 radical (unpaired) electrons. The number of carbonyl (C=O) groups is 1. The van der Waals surface area contributed by atoms with Gasteiger partial charge in [0.15, 0.2) is 0 Å². The maximum absolute atomic E-state index is 12.0. The number of aliphatic hydroxyl groups excluding tert-OH is 1. The Balaban J connectivity index is 2.07. The van der Waals surface area contributed by atoms with Crippen molar-refractivity contribution >= 4 is 6.09 Å². The first kappa shape index (κ1) is 14.8. The first-order chi connectivity index (χ1) is 9.26. The number of likely N-dealkylation sites (tertiary alicyclic amines) is 1. The summed E-state index contributed by atoms with van der Waals surface area (Å²) in [6.07, 6.45) is 2.57. The number of ether oxygens (including phenoxy) is 1. The summed E-state index contributed by atoms with van der Waals surface area (Å²) in [5.41, 5.74) is 1.49. The molecule has 2 rings (SSSR count). The van der Waals surface area contributed by atoms with Crippen molar-refractivity contribution in [1.29, 1.82) is 0 Å². The Kier molecular flexibility index (Phi) is 3.99. The lowest BCUT2D eigenvalue weighted by Gasteiger charge is -2.24. The van der Waals surface area contributed by atoms with Crippen LogP contribution < -0.4 is 0 Å². The highest BCUT2D eigenvalue weighted by molar-refractivity contribution is 5.68. The van der Waals surface area contributed by atoms with Gasteiger partial charge in [0.05, 0.1) is 12.6 Å². The molecule has 5 nitrogen and oxygen atoms in total. The van der Waals surface area contributed by atoms with Crippen LogP contribution in [0.3, 0.4) is 0 Å². The van der Waals surface area contributed by atoms with Crippen molar-refractivity contribution in [3.63, 3.8) is 0 Å². The van der Waals surface area contributed by atoms with E-state index in [9.17, 15) is 9.90 Å². The summed E-state index contributed by atoms with van der Waals surface area (Å²) in [7, 11) is 0. The van der Waals surface area contributed by atoms with E-state index in [1.54, 1.807) is 17.3 Å². The monoisotopic (exact) mass is 278 g/mol. The van der Waals surface area contributed by atoms with E-state index < -0.39 is 11.7 Å². The van der Waals surface area contributed by atoms with Crippen molar-refractivity contribution in [3.8, 4) is 0 Å². The largest absolute Gasteiger partial charge is 0.444 e. The van der Waals surface area contributed by atoms with Crippen molar-refractivity contribution in [2.45, 2.75) is 45.3 Å². The van der Waals surface area contributed by atoms with Crippen molar-refractivity contribution in [1.82, 2.24) is 9.88 Å². The smallest absolute Gasteiger partial charge is 0.410 e. The lowest BCUT2D eigenvalue weighted by atomic mass is 9.97. The highest BCUT2D eigenvalue weighted by Gasteiger charge is 2.37. The minimum atomic E-state index is -0.578. The summed E-state index contributed by atoms with van der Waals surface area (Å²) < 4.78 is 5.34. The lowest BCUT2D eigenvalue weighted by Crippen LogP contribution is -2.35. The Morgan fingerprint density at radius 1 is 1.40 bits per heavy atom. The molecule has 0 bridgehead atoms. The third kappa shape index (κ3) is 3.48. The number of nitrogens with zero attached hydrogens (tertiary/aromatic N) is 2. The second-order valence-corrected chi connectivity index (χ2v) is 6.35. The molecule has 110 valence electrons. The van der Waals surface area contributed by atoms with Gasteiger partial charge >= 0.3 is 6.09 Å². The fourth-order valence-corrected chi connectivity index (χ4v) is 2.37. The predicted molar refractivity (Wildman–Crippen MR) is 75.5 cm³/mol. The van der Waals surface area contributed by atoms with Crippen LogP contribution in [0.15, 0.2) is 18.5 Å². The highest BCUT2D eigenvalue weighted by atomic mass is 16.6. The summed E-state index contributed by atoms with van der Waals surface area (Å²) in [4.78, 5) is 17.7. The number of aliphatic hydroxyl groups is 1. The Morgan fingerprint density at radius 3 is 2.70 bits per heavy atom. The maximum Gasteiger partial charge on any atom is 0.410 e. The molecule has 0 aliphatic carbocycles. The van der Waals surface area contributed by atoms with Crippen LogP contribution in [0.5, 0.6) is 0 Å². The minimum Gasteiger partial charge on any atom is -0.444 e. The number of β-amino-alcohol motifs (C(OH)–C–C–N with tert-alkyl or cyclic N) is 1. The summed E-state index contributed by atoms with van der Waals surface area (Å²) in [5.74, 6) is -0.102. The SMILES string of the molecule is Cc1cncc(C2CN(C(=O)OC(C)(C)C)CC2O)c1. The molecule has 5 heteroatoms. The van der Waals surface area contributed by atoms with Gasteiger partial charge in [0.2, 0.25) is 0 Å². The van der Waals surface area contributed by atoms with Crippen LogP contribution in [0, 0.1) is 6.92 Å². The quantitative estimate of drug-likeness (QED) is 0.854. The van der Waals surface area contributed by atoms with Crippen LogP contribution in [-0.4, -0.2) is 45.9 Å². The zero-order valence-corrected chi connectivity index (χ0v) is 12.5. The number of rotatable bonds is 1. The van der Waals surface area contributed by atoms with Gasteiger partial charge in [-0.1, -0.05) is 6.07 Å². The summed E-state index contributed by atoms with van der Waals surface area (Å²) >= 11 is 0. The summed E-state index contributed by atoms with van der Waals surface area (Å²) in [6, 6.07) is 2.00. The average molecular weight is 278 g/mol. The summed E-state index contributed by atoms with van der Waals surface area (Å²) in [5, 5.41) is 10.2. The van der Waals surface area contributed by atoms with Crippen LogP contribution in [0.25, 0.3) is 0 Å². The number of carbonyl (C=O) groups excluding carboxylic acids is 1. The first-order valence-corrected chi connectivity index (χ1v) is 6.84. The van der Waals surface area contributed by atoms with Gasteiger partial charge in [0.25, 0.3) is 0 Å². The number of aromatic nitrogens is 1.